The number of hydrogen-bond acceptors (Lipinski definition) is 5. The average molecular weight is 268 g/mol. The number of aromatic nitrogens is 1. The molecule has 5 heteroatoms. The SMILES string of the molecule is Cc1nc2cc(SC(C)C(C)O)c(N)cc2s1. The van der Waals surface area contributed by atoms with Crippen molar-refractivity contribution in [1.82, 2.24) is 4.98 Å². The van der Waals surface area contributed by atoms with Gasteiger partial charge in [0, 0.05) is 15.8 Å². The number of aliphatic hydroxyl groups is 1. The molecule has 3 nitrogen and oxygen atoms in total. The van der Waals surface area contributed by atoms with E-state index in [9.17, 15) is 5.11 Å². The Morgan fingerprint density at radius 2 is 2.12 bits per heavy atom. The first-order valence-electron chi connectivity index (χ1n) is 5.48. The first-order chi connectivity index (χ1) is 7.97. The molecular weight excluding hydrogens is 252 g/mol. The Bertz CT molecular complexity index is 537. The molecule has 0 aliphatic carbocycles. The lowest BCUT2D eigenvalue weighted by atomic mass is 10.3. The topological polar surface area (TPSA) is 59.1 Å². The summed E-state index contributed by atoms with van der Waals surface area (Å²) in [5.74, 6) is 0. The monoisotopic (exact) mass is 268 g/mol. The largest absolute Gasteiger partial charge is 0.398 e. The number of rotatable bonds is 3. The summed E-state index contributed by atoms with van der Waals surface area (Å²) in [6.45, 7) is 5.77. The molecule has 0 amide bonds. The van der Waals surface area contributed by atoms with Crippen molar-refractivity contribution in [2.45, 2.75) is 37.0 Å². The Kier molecular flexibility index (Phi) is 3.61. The van der Waals surface area contributed by atoms with E-state index in [0.29, 0.717) is 0 Å². The van der Waals surface area contributed by atoms with Gasteiger partial charge in [0.25, 0.3) is 0 Å². The van der Waals surface area contributed by atoms with Crippen LogP contribution in [0.5, 0.6) is 0 Å². The number of aryl methyl sites for hydroxylation is 1. The highest BCUT2D eigenvalue weighted by atomic mass is 32.2. The van der Waals surface area contributed by atoms with E-state index >= 15 is 0 Å². The van der Waals surface area contributed by atoms with Gasteiger partial charge in [-0.3, -0.25) is 0 Å². The molecule has 2 aromatic rings. The number of aliphatic hydroxyl groups excluding tert-OH is 1. The van der Waals surface area contributed by atoms with Crippen LogP contribution in [0.4, 0.5) is 5.69 Å². The number of thioether (sulfide) groups is 1. The average Bonchev–Trinajstić information content (AvgIpc) is 2.57. The van der Waals surface area contributed by atoms with E-state index in [1.54, 1.807) is 30.0 Å². The van der Waals surface area contributed by atoms with Gasteiger partial charge < -0.3 is 10.8 Å². The lowest BCUT2D eigenvalue weighted by Crippen LogP contribution is -2.15. The first-order valence-corrected chi connectivity index (χ1v) is 7.18. The molecule has 0 aliphatic rings. The fourth-order valence-electron chi connectivity index (χ4n) is 1.49. The van der Waals surface area contributed by atoms with Crippen LogP contribution in [0.25, 0.3) is 10.2 Å². The molecule has 0 saturated carbocycles. The van der Waals surface area contributed by atoms with Gasteiger partial charge in [-0.1, -0.05) is 6.92 Å². The molecule has 3 N–H and O–H groups in total. The van der Waals surface area contributed by atoms with Crippen molar-refractivity contribution < 1.29 is 5.11 Å². The van der Waals surface area contributed by atoms with Crippen LogP contribution >= 0.6 is 23.1 Å². The number of nitrogens with two attached hydrogens (primary N) is 1. The van der Waals surface area contributed by atoms with Gasteiger partial charge in [-0.05, 0) is 26.0 Å². The van der Waals surface area contributed by atoms with E-state index < -0.39 is 0 Å². The third-order valence-electron chi connectivity index (χ3n) is 2.62. The van der Waals surface area contributed by atoms with Crippen LogP contribution in [0.1, 0.15) is 18.9 Å². The van der Waals surface area contributed by atoms with Gasteiger partial charge in [0.05, 0.1) is 21.3 Å². The molecule has 2 atom stereocenters. The standard InChI is InChI=1S/C12H16N2OS2/c1-6(15)7(2)16-11-5-10-12(4-9(11)13)17-8(3)14-10/h4-7,15H,13H2,1-3H3. The fourth-order valence-corrected chi connectivity index (χ4v) is 3.32. The number of anilines is 1. The second-order valence-corrected chi connectivity index (χ2v) is 6.81. The van der Waals surface area contributed by atoms with Gasteiger partial charge in [0.15, 0.2) is 0 Å². The second kappa shape index (κ2) is 4.84. The molecule has 1 aromatic heterocycles. The highest BCUT2D eigenvalue weighted by Crippen LogP contribution is 2.35. The van der Waals surface area contributed by atoms with E-state index in [4.69, 9.17) is 5.73 Å². The zero-order valence-corrected chi connectivity index (χ0v) is 11.7. The maximum absolute atomic E-state index is 9.52. The fraction of sp³-hybridized carbons (Fsp3) is 0.417. The minimum absolute atomic E-state index is 0.120. The Hall–Kier alpha value is -0.780. The summed E-state index contributed by atoms with van der Waals surface area (Å²) < 4.78 is 1.12. The molecular formula is C12H16N2OS2. The van der Waals surface area contributed by atoms with E-state index in [2.05, 4.69) is 4.98 Å². The van der Waals surface area contributed by atoms with Gasteiger partial charge in [0.1, 0.15) is 0 Å². The summed E-state index contributed by atoms with van der Waals surface area (Å²) in [5, 5.41) is 10.7. The van der Waals surface area contributed by atoms with Crippen LogP contribution in [0.15, 0.2) is 17.0 Å². The number of benzene rings is 1. The Balaban J connectivity index is 2.36. The Labute approximate surface area is 109 Å². The normalized spacial score (nSPS) is 15.1. The molecule has 2 rings (SSSR count). The second-order valence-electron chi connectivity index (χ2n) is 4.15. The van der Waals surface area contributed by atoms with Gasteiger partial charge >= 0.3 is 0 Å². The van der Waals surface area contributed by atoms with Gasteiger partial charge in [-0.2, -0.15) is 0 Å². The van der Waals surface area contributed by atoms with Gasteiger partial charge in [0.2, 0.25) is 0 Å². The quantitative estimate of drug-likeness (QED) is 0.663. The van der Waals surface area contributed by atoms with Crippen molar-refractivity contribution in [3.05, 3.63) is 17.1 Å². The Morgan fingerprint density at radius 3 is 2.76 bits per heavy atom. The highest BCUT2D eigenvalue weighted by Gasteiger charge is 2.13. The van der Waals surface area contributed by atoms with Crippen LogP contribution in [0, 0.1) is 6.92 Å². The first kappa shape index (κ1) is 12.7. The van der Waals surface area contributed by atoms with Crippen molar-refractivity contribution in [1.29, 1.82) is 0 Å². The lowest BCUT2D eigenvalue weighted by molar-refractivity contribution is 0.196. The molecule has 0 aliphatic heterocycles. The summed E-state index contributed by atoms with van der Waals surface area (Å²) in [5.41, 5.74) is 7.77. The predicted molar refractivity (Wildman–Crippen MR) is 75.8 cm³/mol. The van der Waals surface area contributed by atoms with Crippen LogP contribution in [0.3, 0.4) is 0 Å². The number of nitrogen functional groups attached to an aromatic ring is 1. The third kappa shape index (κ3) is 2.73. The minimum atomic E-state index is -0.354. The zero-order valence-electron chi connectivity index (χ0n) is 10.1. The number of fused-ring (bicyclic) bond motifs is 1. The summed E-state index contributed by atoms with van der Waals surface area (Å²) in [7, 11) is 0. The van der Waals surface area contributed by atoms with E-state index in [1.165, 1.54) is 0 Å². The summed E-state index contributed by atoms with van der Waals surface area (Å²) in [6.07, 6.45) is -0.354. The lowest BCUT2D eigenvalue weighted by Gasteiger charge is -2.15. The molecule has 1 aromatic carbocycles. The van der Waals surface area contributed by atoms with E-state index in [1.807, 2.05) is 26.0 Å². The molecule has 0 radical (unpaired) electrons. The van der Waals surface area contributed by atoms with Gasteiger partial charge in [-0.25, -0.2) is 4.98 Å². The Morgan fingerprint density at radius 1 is 1.41 bits per heavy atom. The summed E-state index contributed by atoms with van der Waals surface area (Å²) >= 11 is 3.24. The molecule has 0 saturated heterocycles. The van der Waals surface area contributed by atoms with Crippen molar-refractivity contribution in [3.8, 4) is 0 Å². The van der Waals surface area contributed by atoms with E-state index in [0.717, 1.165) is 25.8 Å². The summed E-state index contributed by atoms with van der Waals surface area (Å²) in [4.78, 5) is 5.45. The van der Waals surface area contributed by atoms with E-state index in [-0.39, 0.29) is 11.4 Å². The molecule has 0 spiro atoms. The van der Waals surface area contributed by atoms with Crippen LogP contribution < -0.4 is 5.73 Å². The van der Waals surface area contributed by atoms with Crippen molar-refractivity contribution >= 4 is 39.0 Å². The molecule has 0 bridgehead atoms. The molecule has 0 fully saturated rings. The third-order valence-corrected chi connectivity index (χ3v) is 4.93. The maximum atomic E-state index is 9.52. The number of hydrogen-bond donors (Lipinski definition) is 2. The van der Waals surface area contributed by atoms with Crippen molar-refractivity contribution in [3.63, 3.8) is 0 Å². The van der Waals surface area contributed by atoms with Crippen molar-refractivity contribution in [2.75, 3.05) is 5.73 Å². The number of nitrogens with zero attached hydrogens (tertiary/aromatic N) is 1. The number of thiazole rings is 1. The smallest absolute Gasteiger partial charge is 0.0907 e. The predicted octanol–water partition coefficient (Wildman–Crippen LogP) is 3.05. The molecule has 1 heterocycles. The molecule has 17 heavy (non-hydrogen) atoms. The summed E-state index contributed by atoms with van der Waals surface area (Å²) in [6, 6.07) is 3.98. The van der Waals surface area contributed by atoms with Gasteiger partial charge in [-0.15, -0.1) is 23.1 Å². The minimum Gasteiger partial charge on any atom is -0.398 e. The van der Waals surface area contributed by atoms with Crippen LogP contribution in [-0.2, 0) is 0 Å². The van der Waals surface area contributed by atoms with Crippen molar-refractivity contribution in [2.24, 2.45) is 0 Å². The van der Waals surface area contributed by atoms with Crippen LogP contribution in [-0.4, -0.2) is 21.4 Å². The zero-order chi connectivity index (χ0) is 12.6. The van der Waals surface area contributed by atoms with Crippen LogP contribution in [0.2, 0.25) is 0 Å². The molecule has 92 valence electrons. The maximum Gasteiger partial charge on any atom is 0.0907 e. The molecule has 2 unspecified atom stereocenters. The highest BCUT2D eigenvalue weighted by molar-refractivity contribution is 8.00.